The molecule has 0 radical (unpaired) electrons. The Kier molecular flexibility index (Phi) is 4.93. The first-order valence-corrected chi connectivity index (χ1v) is 8.07. The first-order valence-electron chi connectivity index (χ1n) is 6.21. The topological polar surface area (TPSA) is 109 Å². The molecule has 0 fully saturated rings. The number of sulfonamides is 1. The van der Waals surface area contributed by atoms with Crippen molar-refractivity contribution in [2.45, 2.75) is 18.4 Å². The Morgan fingerprint density at radius 3 is 2.70 bits per heavy atom. The second-order valence-corrected chi connectivity index (χ2v) is 6.67. The number of aryl methyl sites for hydroxylation is 1. The summed E-state index contributed by atoms with van der Waals surface area (Å²) < 4.78 is 39.6. The van der Waals surface area contributed by atoms with Crippen LogP contribution in [0.15, 0.2) is 29.3 Å². The summed E-state index contributed by atoms with van der Waals surface area (Å²) in [5.74, 6) is -1.95. The molecule has 1 aromatic carbocycles. The van der Waals surface area contributed by atoms with Crippen molar-refractivity contribution in [2.75, 3.05) is 0 Å². The van der Waals surface area contributed by atoms with Gasteiger partial charge in [-0.3, -0.25) is 4.98 Å². The highest BCUT2D eigenvalue weighted by Crippen LogP contribution is 2.19. The Balaban J connectivity index is 2.19. The number of aromatic carboxylic acids is 1. The number of hydrogen-bond donors (Lipinski definition) is 2. The van der Waals surface area contributed by atoms with Gasteiger partial charge in [0.15, 0.2) is 5.69 Å². The zero-order valence-electron chi connectivity index (χ0n) is 11.7. The van der Waals surface area contributed by atoms with Crippen LogP contribution < -0.4 is 4.72 Å². The maximum absolute atomic E-state index is 13.1. The molecule has 0 spiro atoms. The number of nitrogens with zero attached hydrogens (tertiary/aromatic N) is 2. The van der Waals surface area contributed by atoms with Gasteiger partial charge in [-0.15, -0.1) is 0 Å². The molecule has 122 valence electrons. The SMILES string of the molecule is Cc1nc(C(=O)O)cnc1CNS(=O)(=O)c1ccc(F)c(Cl)c1. The van der Waals surface area contributed by atoms with E-state index in [0.29, 0.717) is 0 Å². The molecule has 2 aromatic rings. The highest BCUT2D eigenvalue weighted by molar-refractivity contribution is 7.89. The van der Waals surface area contributed by atoms with Gasteiger partial charge in [0, 0.05) is 0 Å². The summed E-state index contributed by atoms with van der Waals surface area (Å²) in [7, 11) is -3.93. The Morgan fingerprint density at radius 2 is 2.13 bits per heavy atom. The summed E-state index contributed by atoms with van der Waals surface area (Å²) in [4.78, 5) is 18.2. The van der Waals surface area contributed by atoms with E-state index >= 15 is 0 Å². The van der Waals surface area contributed by atoms with Crippen molar-refractivity contribution in [1.82, 2.24) is 14.7 Å². The zero-order valence-corrected chi connectivity index (χ0v) is 13.3. The first kappa shape index (κ1) is 17.3. The molecule has 7 nitrogen and oxygen atoms in total. The average molecular weight is 360 g/mol. The Labute approximate surface area is 136 Å². The van der Waals surface area contributed by atoms with Gasteiger partial charge >= 0.3 is 5.97 Å². The van der Waals surface area contributed by atoms with E-state index in [9.17, 15) is 17.6 Å². The van der Waals surface area contributed by atoms with Crippen LogP contribution in [-0.4, -0.2) is 29.5 Å². The molecular formula is C13H11ClFN3O4S. The fraction of sp³-hybridized carbons (Fsp3) is 0.154. The van der Waals surface area contributed by atoms with Crippen LogP contribution in [0.5, 0.6) is 0 Å². The lowest BCUT2D eigenvalue weighted by atomic mass is 10.3. The molecule has 1 aromatic heterocycles. The lowest BCUT2D eigenvalue weighted by Gasteiger charge is -2.09. The molecule has 23 heavy (non-hydrogen) atoms. The highest BCUT2D eigenvalue weighted by atomic mass is 35.5. The minimum atomic E-state index is -3.93. The maximum atomic E-state index is 13.1. The quantitative estimate of drug-likeness (QED) is 0.841. The zero-order chi connectivity index (χ0) is 17.2. The third-order valence-electron chi connectivity index (χ3n) is 2.90. The summed E-state index contributed by atoms with van der Waals surface area (Å²) >= 11 is 5.56. The Hall–Kier alpha value is -2.10. The predicted molar refractivity (Wildman–Crippen MR) is 79.2 cm³/mol. The van der Waals surface area contributed by atoms with Crippen LogP contribution in [0.1, 0.15) is 21.9 Å². The number of aromatic nitrogens is 2. The highest BCUT2D eigenvalue weighted by Gasteiger charge is 2.17. The third-order valence-corrected chi connectivity index (χ3v) is 4.59. The van der Waals surface area contributed by atoms with Crippen LogP contribution in [0, 0.1) is 12.7 Å². The van der Waals surface area contributed by atoms with Gasteiger partial charge in [0.2, 0.25) is 10.0 Å². The molecule has 0 aliphatic carbocycles. The van der Waals surface area contributed by atoms with Gasteiger partial charge in [0.1, 0.15) is 5.82 Å². The number of carboxylic acids is 1. The van der Waals surface area contributed by atoms with Crippen LogP contribution >= 0.6 is 11.6 Å². The van der Waals surface area contributed by atoms with Crippen molar-refractivity contribution < 1.29 is 22.7 Å². The molecule has 10 heteroatoms. The molecule has 2 rings (SSSR count). The lowest BCUT2D eigenvalue weighted by molar-refractivity contribution is 0.0689. The van der Waals surface area contributed by atoms with Crippen molar-refractivity contribution in [1.29, 1.82) is 0 Å². The molecule has 0 aliphatic rings. The van der Waals surface area contributed by atoms with Crippen molar-refractivity contribution >= 4 is 27.6 Å². The summed E-state index contributed by atoms with van der Waals surface area (Å²) in [5, 5.41) is 8.49. The van der Waals surface area contributed by atoms with Crippen LogP contribution in [0.3, 0.4) is 0 Å². The van der Waals surface area contributed by atoms with Crippen molar-refractivity contribution in [3.05, 3.63) is 52.3 Å². The molecule has 0 saturated carbocycles. The van der Waals surface area contributed by atoms with E-state index < -0.39 is 21.8 Å². The second-order valence-electron chi connectivity index (χ2n) is 4.49. The van der Waals surface area contributed by atoms with Crippen molar-refractivity contribution in [2.24, 2.45) is 0 Å². The monoisotopic (exact) mass is 359 g/mol. The van der Waals surface area contributed by atoms with E-state index in [4.69, 9.17) is 16.7 Å². The number of carbonyl (C=O) groups is 1. The molecule has 0 saturated heterocycles. The molecule has 0 atom stereocenters. The fourth-order valence-electron chi connectivity index (χ4n) is 1.67. The number of benzene rings is 1. The minimum Gasteiger partial charge on any atom is -0.476 e. The van der Waals surface area contributed by atoms with Gasteiger partial charge in [-0.05, 0) is 25.1 Å². The van der Waals surface area contributed by atoms with Crippen LogP contribution in [-0.2, 0) is 16.6 Å². The minimum absolute atomic E-state index is 0.198. The van der Waals surface area contributed by atoms with Crippen LogP contribution in [0.4, 0.5) is 4.39 Å². The Morgan fingerprint density at radius 1 is 1.43 bits per heavy atom. The second kappa shape index (κ2) is 6.57. The van der Waals surface area contributed by atoms with E-state index in [2.05, 4.69) is 14.7 Å². The van der Waals surface area contributed by atoms with Gasteiger partial charge < -0.3 is 5.11 Å². The van der Waals surface area contributed by atoms with E-state index in [1.54, 1.807) is 0 Å². The number of nitrogens with one attached hydrogen (secondary N) is 1. The van der Waals surface area contributed by atoms with Crippen molar-refractivity contribution in [3.8, 4) is 0 Å². The van der Waals surface area contributed by atoms with Crippen LogP contribution in [0.2, 0.25) is 5.02 Å². The molecule has 2 N–H and O–H groups in total. The van der Waals surface area contributed by atoms with E-state index in [-0.39, 0.29) is 33.5 Å². The Bertz CT molecular complexity index is 874. The first-order chi connectivity index (χ1) is 10.7. The molecule has 1 heterocycles. The number of halogens is 2. The average Bonchev–Trinajstić information content (AvgIpc) is 2.48. The summed E-state index contributed by atoms with van der Waals surface area (Å²) in [6, 6.07) is 3.02. The summed E-state index contributed by atoms with van der Waals surface area (Å²) in [6.45, 7) is 1.31. The summed E-state index contributed by atoms with van der Waals surface area (Å²) in [6.07, 6.45) is 1.04. The van der Waals surface area contributed by atoms with Gasteiger partial charge in [-0.1, -0.05) is 11.6 Å². The van der Waals surface area contributed by atoms with Crippen LogP contribution in [0.25, 0.3) is 0 Å². The van der Waals surface area contributed by atoms with Gasteiger partial charge in [-0.25, -0.2) is 27.3 Å². The van der Waals surface area contributed by atoms with E-state index in [0.717, 1.165) is 24.4 Å². The fourth-order valence-corrected chi connectivity index (χ4v) is 2.93. The molecule has 0 amide bonds. The molecule has 0 aliphatic heterocycles. The van der Waals surface area contributed by atoms with Crippen molar-refractivity contribution in [3.63, 3.8) is 0 Å². The van der Waals surface area contributed by atoms with E-state index in [1.165, 1.54) is 6.92 Å². The number of carboxylic acid groups (broad SMARTS) is 1. The molecular weight excluding hydrogens is 349 g/mol. The largest absolute Gasteiger partial charge is 0.476 e. The lowest BCUT2D eigenvalue weighted by Crippen LogP contribution is -2.24. The third kappa shape index (κ3) is 4.01. The standard InChI is InChI=1S/C13H11ClFN3O4S/c1-7-11(16-5-12(18-7)13(19)20)6-17-23(21,22)8-2-3-10(15)9(14)4-8/h2-5,17H,6H2,1H3,(H,19,20). The van der Waals surface area contributed by atoms with E-state index in [1.807, 2.05) is 0 Å². The molecule has 0 bridgehead atoms. The normalized spacial score (nSPS) is 11.4. The predicted octanol–water partition coefficient (Wildman–Crippen LogP) is 1.75. The smallest absolute Gasteiger partial charge is 0.356 e. The van der Waals surface area contributed by atoms with Gasteiger partial charge in [0.25, 0.3) is 0 Å². The molecule has 0 unspecified atom stereocenters. The van der Waals surface area contributed by atoms with Gasteiger partial charge in [0.05, 0.1) is 34.0 Å². The maximum Gasteiger partial charge on any atom is 0.356 e. The number of hydrogen-bond acceptors (Lipinski definition) is 5. The van der Waals surface area contributed by atoms with Gasteiger partial charge in [-0.2, -0.15) is 0 Å². The summed E-state index contributed by atoms with van der Waals surface area (Å²) in [5.41, 5.74) is 0.316. The number of rotatable bonds is 5.